The highest BCUT2D eigenvalue weighted by Crippen LogP contribution is 2.24. The largest absolute Gasteiger partial charge is 0.373 e. The minimum atomic E-state index is -3.76. The molecule has 10 heteroatoms. The summed E-state index contributed by atoms with van der Waals surface area (Å²) in [6, 6.07) is 9.56. The fourth-order valence-corrected chi connectivity index (χ4v) is 5.41. The molecule has 1 saturated heterocycles. The molecule has 3 rings (SSSR count). The molecule has 2 aromatic carbocycles. The molecule has 2 N–H and O–H groups in total. The number of nitrogens with two attached hydrogens (primary N) is 1. The third kappa shape index (κ3) is 4.98. The Balaban J connectivity index is 1.83. The number of nitrogens with zero attached hydrogens (tertiary/aromatic N) is 2. The van der Waals surface area contributed by atoms with Gasteiger partial charge in [-0.15, -0.1) is 0 Å². The lowest BCUT2D eigenvalue weighted by atomic mass is 10.0. The Morgan fingerprint density at radius 3 is 2.25 bits per heavy atom. The molecular formula is C22H26FN3O5S. The molecule has 0 spiro atoms. The molecule has 0 aromatic heterocycles. The second-order valence-corrected chi connectivity index (χ2v) is 9.82. The highest BCUT2D eigenvalue weighted by molar-refractivity contribution is 7.89. The monoisotopic (exact) mass is 463 g/mol. The molecule has 0 saturated carbocycles. The average molecular weight is 464 g/mol. The van der Waals surface area contributed by atoms with Gasteiger partial charge in [0, 0.05) is 25.7 Å². The maximum absolute atomic E-state index is 13.6. The number of amides is 2. The van der Waals surface area contributed by atoms with Gasteiger partial charge in [-0.3, -0.25) is 9.59 Å². The first-order chi connectivity index (χ1) is 15.0. The van der Waals surface area contributed by atoms with Crippen LogP contribution in [-0.2, 0) is 19.6 Å². The zero-order valence-corrected chi connectivity index (χ0v) is 18.9. The molecule has 0 radical (unpaired) electrons. The molecule has 1 fully saturated rings. The number of morpholine rings is 1. The van der Waals surface area contributed by atoms with E-state index in [0.717, 1.165) is 11.0 Å². The van der Waals surface area contributed by atoms with E-state index in [-0.39, 0.29) is 41.3 Å². The van der Waals surface area contributed by atoms with Crippen LogP contribution < -0.4 is 5.73 Å². The molecule has 0 aliphatic carbocycles. The molecule has 3 unspecified atom stereocenters. The van der Waals surface area contributed by atoms with E-state index in [9.17, 15) is 22.4 Å². The lowest BCUT2D eigenvalue weighted by molar-refractivity contribution is -0.122. The van der Waals surface area contributed by atoms with Gasteiger partial charge in [0.2, 0.25) is 15.9 Å². The zero-order chi connectivity index (χ0) is 23.6. The predicted octanol–water partition coefficient (Wildman–Crippen LogP) is 1.92. The minimum absolute atomic E-state index is 0.0505. The summed E-state index contributed by atoms with van der Waals surface area (Å²) < 4.78 is 46.5. The maximum atomic E-state index is 13.6. The Morgan fingerprint density at radius 2 is 1.72 bits per heavy atom. The molecule has 32 heavy (non-hydrogen) atoms. The third-order valence-electron chi connectivity index (χ3n) is 5.27. The lowest BCUT2D eigenvalue weighted by Gasteiger charge is -2.34. The van der Waals surface area contributed by atoms with E-state index in [0.29, 0.717) is 0 Å². The number of carbonyl (C=O) groups excluding carboxylic acids is 2. The summed E-state index contributed by atoms with van der Waals surface area (Å²) in [5.41, 5.74) is 5.88. The summed E-state index contributed by atoms with van der Waals surface area (Å²) in [6.07, 6.45) is -0.451. The summed E-state index contributed by atoms with van der Waals surface area (Å²) in [7, 11) is -2.38. The van der Waals surface area contributed by atoms with E-state index in [2.05, 4.69) is 0 Å². The first-order valence-electron chi connectivity index (χ1n) is 10.1. The molecule has 2 aromatic rings. The van der Waals surface area contributed by atoms with Crippen LogP contribution >= 0.6 is 0 Å². The topological polar surface area (TPSA) is 110 Å². The Bertz CT molecular complexity index is 1100. The van der Waals surface area contributed by atoms with E-state index in [1.807, 2.05) is 13.8 Å². The van der Waals surface area contributed by atoms with Crippen LogP contribution in [0.1, 0.15) is 35.8 Å². The van der Waals surface area contributed by atoms with Gasteiger partial charge in [-0.05, 0) is 55.8 Å². The van der Waals surface area contributed by atoms with Crippen molar-refractivity contribution >= 4 is 21.8 Å². The van der Waals surface area contributed by atoms with E-state index in [1.54, 1.807) is 0 Å². The number of halogens is 1. The average Bonchev–Trinajstić information content (AvgIpc) is 2.72. The number of ether oxygens (including phenoxy) is 1. The van der Waals surface area contributed by atoms with Crippen molar-refractivity contribution in [2.24, 2.45) is 5.73 Å². The van der Waals surface area contributed by atoms with Crippen molar-refractivity contribution in [3.05, 3.63) is 65.5 Å². The Labute approximate surface area is 186 Å². The molecular weight excluding hydrogens is 437 g/mol. The number of rotatable bonds is 6. The van der Waals surface area contributed by atoms with Crippen LogP contribution in [0.2, 0.25) is 0 Å². The van der Waals surface area contributed by atoms with Gasteiger partial charge in [-0.25, -0.2) is 12.8 Å². The SMILES string of the molecule is CC1CN(S(=O)(=O)c2ccc(C(=O)N(C)C(C(N)=O)c3cccc(F)c3)cc2)CC(C)O1. The number of carbonyl (C=O) groups is 2. The van der Waals surface area contributed by atoms with Crippen LogP contribution in [0.25, 0.3) is 0 Å². The van der Waals surface area contributed by atoms with Crippen LogP contribution in [0.5, 0.6) is 0 Å². The number of primary amides is 1. The smallest absolute Gasteiger partial charge is 0.254 e. The second-order valence-electron chi connectivity index (χ2n) is 7.88. The molecule has 8 nitrogen and oxygen atoms in total. The first kappa shape index (κ1) is 23.8. The van der Waals surface area contributed by atoms with Gasteiger partial charge in [0.15, 0.2) is 0 Å². The quantitative estimate of drug-likeness (QED) is 0.704. The number of likely N-dealkylation sites (N-methyl/N-ethyl adjacent to an activating group) is 1. The molecule has 3 atom stereocenters. The molecule has 172 valence electrons. The van der Waals surface area contributed by atoms with E-state index in [4.69, 9.17) is 10.5 Å². The summed E-state index contributed by atoms with van der Waals surface area (Å²) in [5, 5.41) is 0. The maximum Gasteiger partial charge on any atom is 0.254 e. The van der Waals surface area contributed by atoms with Crippen LogP contribution in [0.15, 0.2) is 53.4 Å². The van der Waals surface area contributed by atoms with Crippen molar-refractivity contribution in [2.45, 2.75) is 37.0 Å². The number of benzene rings is 2. The normalized spacial score (nSPS) is 20.5. The van der Waals surface area contributed by atoms with Crippen molar-refractivity contribution in [3.63, 3.8) is 0 Å². The first-order valence-corrected chi connectivity index (χ1v) is 11.5. The summed E-state index contributed by atoms with van der Waals surface area (Å²) in [4.78, 5) is 26.1. The molecule has 2 amide bonds. The van der Waals surface area contributed by atoms with Crippen LogP contribution in [0.3, 0.4) is 0 Å². The van der Waals surface area contributed by atoms with Gasteiger partial charge in [0.25, 0.3) is 5.91 Å². The van der Waals surface area contributed by atoms with E-state index < -0.39 is 33.7 Å². The standard InChI is InChI=1S/C22H26FN3O5S/c1-14-12-26(13-15(2)31-14)32(29,30)19-9-7-16(8-10-19)22(28)25(3)20(21(24)27)17-5-4-6-18(23)11-17/h4-11,14-15,20H,12-13H2,1-3H3,(H2,24,27). The fourth-order valence-electron chi connectivity index (χ4n) is 3.82. The summed E-state index contributed by atoms with van der Waals surface area (Å²) >= 11 is 0. The number of hydrogen-bond acceptors (Lipinski definition) is 5. The Morgan fingerprint density at radius 1 is 1.12 bits per heavy atom. The van der Waals surface area contributed by atoms with Gasteiger partial charge >= 0.3 is 0 Å². The van der Waals surface area contributed by atoms with Gasteiger partial charge in [-0.1, -0.05) is 12.1 Å². The Kier molecular flexibility index (Phi) is 6.97. The van der Waals surface area contributed by atoms with Crippen molar-refractivity contribution < 1.29 is 27.1 Å². The van der Waals surface area contributed by atoms with Crippen LogP contribution in [0, 0.1) is 5.82 Å². The third-order valence-corrected chi connectivity index (χ3v) is 7.11. The molecule has 0 bridgehead atoms. The summed E-state index contributed by atoms with van der Waals surface area (Å²) in [5.74, 6) is -1.94. The lowest BCUT2D eigenvalue weighted by Crippen LogP contribution is -2.48. The molecule has 1 aliphatic heterocycles. The highest BCUT2D eigenvalue weighted by Gasteiger charge is 2.33. The van der Waals surface area contributed by atoms with E-state index >= 15 is 0 Å². The van der Waals surface area contributed by atoms with Crippen molar-refractivity contribution in [2.75, 3.05) is 20.1 Å². The molecule has 1 heterocycles. The van der Waals surface area contributed by atoms with Crippen LogP contribution in [0.4, 0.5) is 4.39 Å². The van der Waals surface area contributed by atoms with Crippen molar-refractivity contribution in [1.29, 1.82) is 0 Å². The van der Waals surface area contributed by atoms with E-state index in [1.165, 1.54) is 53.8 Å². The van der Waals surface area contributed by atoms with Gasteiger partial charge < -0.3 is 15.4 Å². The Hall–Kier alpha value is -2.82. The van der Waals surface area contributed by atoms with Gasteiger partial charge in [0.05, 0.1) is 17.1 Å². The van der Waals surface area contributed by atoms with Gasteiger partial charge in [-0.2, -0.15) is 4.31 Å². The van der Waals surface area contributed by atoms with Crippen molar-refractivity contribution in [3.8, 4) is 0 Å². The predicted molar refractivity (Wildman–Crippen MR) is 116 cm³/mol. The second kappa shape index (κ2) is 9.35. The van der Waals surface area contributed by atoms with Crippen molar-refractivity contribution in [1.82, 2.24) is 9.21 Å². The summed E-state index contributed by atoms with van der Waals surface area (Å²) in [6.45, 7) is 4.10. The highest BCUT2D eigenvalue weighted by atomic mass is 32.2. The zero-order valence-electron chi connectivity index (χ0n) is 18.1. The minimum Gasteiger partial charge on any atom is -0.373 e. The fraction of sp³-hybridized carbons (Fsp3) is 0.364. The number of hydrogen-bond donors (Lipinski definition) is 1. The van der Waals surface area contributed by atoms with Crippen LogP contribution in [-0.4, -0.2) is 61.8 Å². The molecule has 1 aliphatic rings. The van der Waals surface area contributed by atoms with Gasteiger partial charge in [0.1, 0.15) is 11.9 Å². The number of sulfonamides is 1.